The third-order valence-electron chi connectivity index (χ3n) is 6.05. The molecule has 1 N–H and O–H groups in total. The molecule has 1 aromatic heterocycles. The van der Waals surface area contributed by atoms with Crippen LogP contribution in [-0.2, 0) is 19.6 Å². The van der Waals surface area contributed by atoms with E-state index >= 15 is 4.39 Å². The Labute approximate surface area is 203 Å². The van der Waals surface area contributed by atoms with Crippen LogP contribution in [0.25, 0.3) is 10.9 Å². The molecule has 0 amide bonds. The summed E-state index contributed by atoms with van der Waals surface area (Å²) in [5.74, 6) is -0.626. The van der Waals surface area contributed by atoms with E-state index in [2.05, 4.69) is 0 Å². The number of aromatic nitrogens is 2. The highest BCUT2D eigenvalue weighted by atomic mass is 19.1. The molecule has 35 heavy (non-hydrogen) atoms. The van der Waals surface area contributed by atoms with Gasteiger partial charge in [-0.05, 0) is 36.6 Å². The van der Waals surface area contributed by atoms with Gasteiger partial charge in [-0.2, -0.15) is 4.68 Å². The summed E-state index contributed by atoms with van der Waals surface area (Å²) in [6, 6.07) is 21.8. The fourth-order valence-corrected chi connectivity index (χ4v) is 4.33. The summed E-state index contributed by atoms with van der Waals surface area (Å²) in [5.41, 5.74) is 1.44. The second kappa shape index (κ2) is 10.5. The summed E-state index contributed by atoms with van der Waals surface area (Å²) < 4.78 is 17.6. The molecule has 0 aliphatic heterocycles. The summed E-state index contributed by atoms with van der Waals surface area (Å²) in [4.78, 5) is 27.4. The van der Waals surface area contributed by atoms with Crippen LogP contribution < -0.4 is 16.3 Å². The van der Waals surface area contributed by atoms with Crippen LogP contribution in [0, 0.1) is 11.2 Å². The minimum absolute atomic E-state index is 0.114. The first-order valence-electron chi connectivity index (χ1n) is 11.8. The number of nitrogens with zero attached hydrogens (tertiary/aromatic N) is 3. The van der Waals surface area contributed by atoms with Gasteiger partial charge < -0.3 is 5.41 Å². The van der Waals surface area contributed by atoms with E-state index in [1.165, 1.54) is 16.7 Å². The Bertz CT molecular complexity index is 1420. The van der Waals surface area contributed by atoms with Gasteiger partial charge in [0.25, 0.3) is 5.56 Å². The van der Waals surface area contributed by atoms with Crippen LogP contribution in [0.3, 0.4) is 0 Å². The minimum Gasteiger partial charge on any atom is -0.305 e. The van der Waals surface area contributed by atoms with Gasteiger partial charge in [0, 0.05) is 17.8 Å². The fourth-order valence-electron chi connectivity index (χ4n) is 4.33. The lowest BCUT2D eigenvalue weighted by Crippen LogP contribution is -2.52. The van der Waals surface area contributed by atoms with Gasteiger partial charge in [-0.3, -0.25) is 14.4 Å². The molecule has 0 aliphatic rings. The molecule has 0 radical (unpaired) electrons. The van der Waals surface area contributed by atoms with Crippen LogP contribution in [0.15, 0.2) is 82.4 Å². The molecular formula is C28H29FN4O2. The number of aryl methyl sites for hydroxylation is 1. The monoisotopic (exact) mass is 472 g/mol. The van der Waals surface area contributed by atoms with E-state index in [0.717, 1.165) is 15.8 Å². The maximum atomic E-state index is 15.0. The Kier molecular flexibility index (Phi) is 7.25. The molecule has 3 aromatic carbocycles. The van der Waals surface area contributed by atoms with Crippen molar-refractivity contribution < 1.29 is 4.39 Å². The van der Waals surface area contributed by atoms with Crippen molar-refractivity contribution in [3.63, 3.8) is 0 Å². The van der Waals surface area contributed by atoms with Crippen molar-refractivity contribution in [2.75, 3.05) is 5.01 Å². The Morgan fingerprint density at radius 1 is 0.914 bits per heavy atom. The van der Waals surface area contributed by atoms with Crippen molar-refractivity contribution in [2.45, 2.75) is 46.3 Å². The zero-order valence-corrected chi connectivity index (χ0v) is 20.0. The number of hydrogen-bond donors (Lipinski definition) is 1. The highest BCUT2D eigenvalue weighted by Gasteiger charge is 2.21. The van der Waals surface area contributed by atoms with Crippen LogP contribution in [0.5, 0.6) is 0 Å². The average molecular weight is 473 g/mol. The van der Waals surface area contributed by atoms with Gasteiger partial charge in [0.05, 0.1) is 24.0 Å². The zero-order valence-electron chi connectivity index (χ0n) is 20.0. The molecular weight excluding hydrogens is 443 g/mol. The van der Waals surface area contributed by atoms with Gasteiger partial charge in [0.2, 0.25) is 0 Å². The lowest BCUT2D eigenvalue weighted by atomic mass is 10.0. The summed E-state index contributed by atoms with van der Waals surface area (Å²) in [6.07, 6.45) is 1.12. The standard InChI is InChI=1S/C28H29FN4O2/c1-3-11-25(30)22-17-26-23(16-24(22)29)27(34)33(28(35)32(26)4-2)31(18-20-12-7-5-8-13-20)19-21-14-9-6-10-15-21/h5-10,12-17,30H,3-4,11,18-19H2,1-2H3. The summed E-state index contributed by atoms with van der Waals surface area (Å²) in [5, 5.41) is 10.0. The zero-order chi connectivity index (χ0) is 24.9. The van der Waals surface area contributed by atoms with Crippen molar-refractivity contribution in [3.05, 3.63) is 116 Å². The van der Waals surface area contributed by atoms with E-state index < -0.39 is 17.1 Å². The highest BCUT2D eigenvalue weighted by molar-refractivity contribution is 6.01. The van der Waals surface area contributed by atoms with Crippen LogP contribution in [0.4, 0.5) is 4.39 Å². The third-order valence-corrected chi connectivity index (χ3v) is 6.05. The van der Waals surface area contributed by atoms with Gasteiger partial charge in [-0.1, -0.05) is 74.0 Å². The van der Waals surface area contributed by atoms with Crippen molar-refractivity contribution in [2.24, 2.45) is 0 Å². The fraction of sp³-hybridized carbons (Fsp3) is 0.250. The summed E-state index contributed by atoms with van der Waals surface area (Å²) in [7, 11) is 0. The van der Waals surface area contributed by atoms with Crippen molar-refractivity contribution >= 4 is 16.6 Å². The first-order valence-corrected chi connectivity index (χ1v) is 11.8. The molecule has 0 atom stereocenters. The molecule has 0 saturated heterocycles. The molecule has 180 valence electrons. The minimum atomic E-state index is -0.626. The lowest BCUT2D eigenvalue weighted by molar-refractivity contribution is 0.511. The maximum absolute atomic E-state index is 15.0. The second-order valence-corrected chi connectivity index (χ2v) is 8.52. The molecule has 7 heteroatoms. The Hall–Kier alpha value is -4.00. The average Bonchev–Trinajstić information content (AvgIpc) is 2.86. The number of fused-ring (bicyclic) bond motifs is 1. The Morgan fingerprint density at radius 2 is 1.49 bits per heavy atom. The van der Waals surface area contributed by atoms with Gasteiger partial charge in [-0.15, -0.1) is 0 Å². The maximum Gasteiger partial charge on any atom is 0.350 e. The SMILES string of the molecule is CCCC(=N)c1cc2c(cc1F)c(=O)n(N(Cc1ccccc1)Cc1ccccc1)c(=O)n2CC. The Morgan fingerprint density at radius 3 is 2.00 bits per heavy atom. The molecule has 1 heterocycles. The summed E-state index contributed by atoms with van der Waals surface area (Å²) >= 11 is 0. The van der Waals surface area contributed by atoms with E-state index in [0.29, 0.717) is 38.0 Å². The van der Waals surface area contributed by atoms with E-state index in [1.54, 1.807) is 5.01 Å². The number of benzene rings is 3. The third kappa shape index (κ3) is 4.94. The van der Waals surface area contributed by atoms with E-state index in [1.807, 2.05) is 74.5 Å². The smallest absolute Gasteiger partial charge is 0.305 e. The molecule has 0 fully saturated rings. The van der Waals surface area contributed by atoms with Crippen molar-refractivity contribution in [3.8, 4) is 0 Å². The van der Waals surface area contributed by atoms with E-state index in [4.69, 9.17) is 5.41 Å². The van der Waals surface area contributed by atoms with Gasteiger partial charge in [0.1, 0.15) is 5.82 Å². The van der Waals surface area contributed by atoms with Crippen molar-refractivity contribution in [1.82, 2.24) is 9.24 Å². The predicted molar refractivity (Wildman–Crippen MR) is 138 cm³/mol. The van der Waals surface area contributed by atoms with Crippen LogP contribution in [0.2, 0.25) is 0 Å². The topological polar surface area (TPSA) is 71.1 Å². The molecule has 0 saturated carbocycles. The van der Waals surface area contributed by atoms with Gasteiger partial charge in [0.15, 0.2) is 0 Å². The Balaban J connectivity index is 1.93. The van der Waals surface area contributed by atoms with E-state index in [9.17, 15) is 9.59 Å². The number of nitrogens with one attached hydrogen (secondary N) is 1. The molecule has 0 aliphatic carbocycles. The van der Waals surface area contributed by atoms with Crippen molar-refractivity contribution in [1.29, 1.82) is 5.41 Å². The van der Waals surface area contributed by atoms with Crippen LogP contribution in [-0.4, -0.2) is 15.0 Å². The van der Waals surface area contributed by atoms with Crippen LogP contribution in [0.1, 0.15) is 43.4 Å². The van der Waals surface area contributed by atoms with E-state index in [-0.39, 0.29) is 16.7 Å². The first-order chi connectivity index (χ1) is 16.9. The largest absolute Gasteiger partial charge is 0.350 e. The van der Waals surface area contributed by atoms with Gasteiger partial charge >= 0.3 is 5.69 Å². The molecule has 0 spiro atoms. The van der Waals surface area contributed by atoms with Crippen LogP contribution >= 0.6 is 0 Å². The predicted octanol–water partition coefficient (Wildman–Crippen LogP) is 4.83. The number of halogens is 1. The second-order valence-electron chi connectivity index (χ2n) is 8.52. The molecule has 4 aromatic rings. The highest BCUT2D eigenvalue weighted by Crippen LogP contribution is 2.19. The summed E-state index contributed by atoms with van der Waals surface area (Å²) in [6.45, 7) is 4.67. The first kappa shape index (κ1) is 24.1. The quantitative estimate of drug-likeness (QED) is 0.355. The molecule has 4 rings (SSSR count). The number of hydrogen-bond acceptors (Lipinski definition) is 4. The molecule has 0 bridgehead atoms. The van der Waals surface area contributed by atoms with Gasteiger partial charge in [-0.25, -0.2) is 9.18 Å². The lowest BCUT2D eigenvalue weighted by Gasteiger charge is -2.27. The normalized spacial score (nSPS) is 11.1. The molecule has 6 nitrogen and oxygen atoms in total. The number of rotatable bonds is 9. The molecule has 0 unspecified atom stereocenters.